The monoisotopic (exact) mass is 584 g/mol. The van der Waals surface area contributed by atoms with E-state index < -0.39 is 0 Å². The van der Waals surface area contributed by atoms with Crippen molar-refractivity contribution in [3.8, 4) is 34.5 Å². The predicted octanol–water partition coefficient (Wildman–Crippen LogP) is 7.90. The van der Waals surface area contributed by atoms with Gasteiger partial charge in [-0.3, -0.25) is 0 Å². The number of hydrogen-bond acceptors (Lipinski definition) is 6. The summed E-state index contributed by atoms with van der Waals surface area (Å²) in [5.74, 6) is -0.0984. The fourth-order valence-corrected chi connectivity index (χ4v) is 5.65. The number of rotatable bonds is 6. The molecular weight excluding hydrogens is 540 g/mol. The van der Waals surface area contributed by atoms with Gasteiger partial charge in [-0.15, -0.1) is 0 Å². The molecule has 4 rings (SSSR count). The van der Waals surface area contributed by atoms with Gasteiger partial charge in [0, 0.05) is 31.4 Å². The molecule has 0 spiro atoms. The van der Waals surface area contributed by atoms with Crippen LogP contribution < -0.4 is 0 Å². The maximum atomic E-state index is 11.1. The lowest BCUT2D eigenvalue weighted by molar-refractivity contribution is 0.436. The molecule has 0 aliphatic heterocycles. The van der Waals surface area contributed by atoms with Crippen molar-refractivity contribution in [3.63, 3.8) is 0 Å². The molecule has 0 heterocycles. The van der Waals surface area contributed by atoms with Crippen LogP contribution in [0.25, 0.3) is 0 Å². The van der Waals surface area contributed by atoms with Crippen LogP contribution in [0.3, 0.4) is 0 Å². The van der Waals surface area contributed by atoms with Crippen molar-refractivity contribution in [1.82, 2.24) is 0 Å². The summed E-state index contributed by atoms with van der Waals surface area (Å²) in [5.41, 5.74) is 6.38. The number of phenolic OH excluding ortho intramolecular Hbond substituents is 6. The molecule has 0 atom stereocenters. The zero-order valence-corrected chi connectivity index (χ0v) is 26.4. The molecule has 0 aliphatic carbocycles. The smallest absolute Gasteiger partial charge is 0.122 e. The van der Waals surface area contributed by atoms with Crippen LogP contribution in [0.5, 0.6) is 34.5 Å². The van der Waals surface area contributed by atoms with E-state index in [-0.39, 0.29) is 64.6 Å². The quantitative estimate of drug-likeness (QED) is 0.137. The number of aromatic hydroxyl groups is 6. The van der Waals surface area contributed by atoms with Crippen molar-refractivity contribution in [3.05, 3.63) is 104 Å². The van der Waals surface area contributed by atoms with E-state index in [0.29, 0.717) is 33.4 Å². The first-order valence-electron chi connectivity index (χ1n) is 14.6. The minimum absolute atomic E-state index is 0.0975. The van der Waals surface area contributed by atoms with Gasteiger partial charge in [0.15, 0.2) is 0 Å². The zero-order valence-electron chi connectivity index (χ0n) is 26.4. The highest BCUT2D eigenvalue weighted by Gasteiger charge is 2.23. The highest BCUT2D eigenvalue weighted by molar-refractivity contribution is 5.56. The molecule has 0 aromatic heterocycles. The van der Waals surface area contributed by atoms with Gasteiger partial charge in [-0.1, -0.05) is 76.9 Å². The van der Waals surface area contributed by atoms with Gasteiger partial charge in [0.1, 0.15) is 34.5 Å². The highest BCUT2D eigenvalue weighted by Crippen LogP contribution is 2.40. The third-order valence-corrected chi connectivity index (χ3v) is 7.98. The second-order valence-corrected chi connectivity index (χ2v) is 13.9. The fourth-order valence-electron chi connectivity index (χ4n) is 5.65. The van der Waals surface area contributed by atoms with Crippen molar-refractivity contribution >= 4 is 0 Å². The first-order chi connectivity index (χ1) is 19.8. The number of phenols is 6. The van der Waals surface area contributed by atoms with Crippen LogP contribution in [0, 0.1) is 13.8 Å². The Kier molecular flexibility index (Phi) is 8.38. The molecule has 0 bridgehead atoms. The van der Waals surface area contributed by atoms with Crippen LogP contribution in [-0.4, -0.2) is 30.6 Å². The maximum Gasteiger partial charge on any atom is 0.122 e. The third kappa shape index (κ3) is 6.85. The predicted molar refractivity (Wildman–Crippen MR) is 171 cm³/mol. The van der Waals surface area contributed by atoms with Crippen molar-refractivity contribution < 1.29 is 30.6 Å². The van der Waals surface area contributed by atoms with Crippen LogP contribution in [0.2, 0.25) is 0 Å². The summed E-state index contributed by atoms with van der Waals surface area (Å²) in [7, 11) is 0. The van der Waals surface area contributed by atoms with Crippen LogP contribution in [-0.2, 0) is 30.1 Å². The molecule has 0 saturated carbocycles. The highest BCUT2D eigenvalue weighted by atomic mass is 16.3. The molecule has 6 nitrogen and oxygen atoms in total. The normalized spacial score (nSPS) is 12.1. The van der Waals surface area contributed by atoms with E-state index in [1.54, 1.807) is 12.1 Å². The Morgan fingerprint density at radius 2 is 0.674 bits per heavy atom. The van der Waals surface area contributed by atoms with Crippen LogP contribution in [0.1, 0.15) is 97.2 Å². The van der Waals surface area contributed by atoms with Crippen molar-refractivity contribution in [2.45, 2.75) is 85.5 Å². The third-order valence-electron chi connectivity index (χ3n) is 7.98. The van der Waals surface area contributed by atoms with Crippen molar-refractivity contribution in [2.75, 3.05) is 0 Å². The first kappa shape index (κ1) is 31.6. The Morgan fingerprint density at radius 1 is 0.395 bits per heavy atom. The minimum Gasteiger partial charge on any atom is -0.508 e. The van der Waals surface area contributed by atoms with Gasteiger partial charge in [-0.05, 0) is 81.3 Å². The molecule has 0 radical (unpaired) electrons. The summed E-state index contributed by atoms with van der Waals surface area (Å²) in [4.78, 5) is 0. The Bertz CT molecular complexity index is 1560. The van der Waals surface area contributed by atoms with Crippen LogP contribution >= 0.6 is 0 Å². The summed E-state index contributed by atoms with van der Waals surface area (Å²) in [6.45, 7) is 16.1. The number of aryl methyl sites for hydroxylation is 2. The number of hydrogen-bond donors (Lipinski definition) is 6. The van der Waals surface area contributed by atoms with Gasteiger partial charge in [0.05, 0.1) is 0 Å². The lowest BCUT2D eigenvalue weighted by Crippen LogP contribution is -2.12. The molecule has 0 unspecified atom stereocenters. The SMILES string of the molecule is Cc1cc(Cc2cc(Cc3cc(Cc4cc(C)cc(C(C)(C)C)c4O)c(O)cc3O)c(O)cc2O)c(O)c(C(C)(C)C)c1. The van der Waals surface area contributed by atoms with Gasteiger partial charge in [-0.25, -0.2) is 0 Å². The second kappa shape index (κ2) is 11.4. The second-order valence-electron chi connectivity index (χ2n) is 13.9. The summed E-state index contributed by atoms with van der Waals surface area (Å²) in [6, 6.07) is 13.6. The molecular formula is C37H44O6. The molecule has 0 aliphatic rings. The maximum absolute atomic E-state index is 11.1. The van der Waals surface area contributed by atoms with Gasteiger partial charge >= 0.3 is 0 Å². The lowest BCUT2D eigenvalue weighted by Gasteiger charge is -2.23. The summed E-state index contributed by atoms with van der Waals surface area (Å²) >= 11 is 0. The largest absolute Gasteiger partial charge is 0.508 e. The lowest BCUT2D eigenvalue weighted by atomic mass is 9.83. The summed E-state index contributed by atoms with van der Waals surface area (Å²) < 4.78 is 0. The molecule has 6 heteroatoms. The molecule has 4 aromatic carbocycles. The molecule has 4 aromatic rings. The molecule has 43 heavy (non-hydrogen) atoms. The van der Waals surface area contributed by atoms with Crippen LogP contribution in [0.15, 0.2) is 48.5 Å². The summed E-state index contributed by atoms with van der Waals surface area (Å²) in [6.07, 6.45) is 0.606. The van der Waals surface area contributed by atoms with E-state index in [9.17, 15) is 30.6 Å². The Balaban J connectivity index is 1.70. The zero-order chi connectivity index (χ0) is 32.0. The molecule has 0 amide bonds. The van der Waals surface area contributed by atoms with Crippen molar-refractivity contribution in [2.24, 2.45) is 0 Å². The Labute approximate surface area is 254 Å². The van der Waals surface area contributed by atoms with E-state index in [2.05, 4.69) is 0 Å². The Hall–Kier alpha value is -4.32. The summed E-state index contributed by atoms with van der Waals surface area (Å²) in [5, 5.41) is 65.0. The van der Waals surface area contributed by atoms with E-state index >= 15 is 0 Å². The van der Waals surface area contributed by atoms with Gasteiger partial charge < -0.3 is 30.6 Å². The van der Waals surface area contributed by atoms with E-state index in [4.69, 9.17) is 0 Å². The van der Waals surface area contributed by atoms with E-state index in [1.165, 1.54) is 12.1 Å². The average molecular weight is 585 g/mol. The van der Waals surface area contributed by atoms with E-state index in [0.717, 1.165) is 22.3 Å². The van der Waals surface area contributed by atoms with Crippen molar-refractivity contribution in [1.29, 1.82) is 0 Å². The fraction of sp³-hybridized carbons (Fsp3) is 0.351. The van der Waals surface area contributed by atoms with Gasteiger partial charge in [0.25, 0.3) is 0 Å². The average Bonchev–Trinajstić information content (AvgIpc) is 2.87. The Morgan fingerprint density at radius 3 is 0.953 bits per heavy atom. The van der Waals surface area contributed by atoms with Gasteiger partial charge in [-0.2, -0.15) is 0 Å². The standard InChI is InChI=1S/C37H44O6/c1-20-9-26(34(42)28(11-20)36(3,4)5)16-24-14-22(30(38)18-32(24)40)13-23-15-25(33(41)19-31(23)39)17-27-10-21(2)12-29(35(27)43)37(6,7)8/h9-12,14-15,18-19,38-43H,13,16-17H2,1-8H3. The molecule has 228 valence electrons. The first-order valence-corrected chi connectivity index (χ1v) is 14.6. The number of benzene rings is 4. The van der Waals surface area contributed by atoms with Gasteiger partial charge in [0.2, 0.25) is 0 Å². The molecule has 6 N–H and O–H groups in total. The molecule has 0 saturated heterocycles. The van der Waals surface area contributed by atoms with Crippen LogP contribution in [0.4, 0.5) is 0 Å². The van der Waals surface area contributed by atoms with E-state index in [1.807, 2.05) is 79.7 Å². The minimum atomic E-state index is -0.273. The molecule has 0 fully saturated rings. The topological polar surface area (TPSA) is 121 Å².